The lowest BCUT2D eigenvalue weighted by Gasteiger charge is -2.22. The van der Waals surface area contributed by atoms with Crippen LogP contribution in [0, 0.1) is 5.82 Å². The predicted octanol–water partition coefficient (Wildman–Crippen LogP) is 2.19. The summed E-state index contributed by atoms with van der Waals surface area (Å²) in [6, 6.07) is 4.57. The highest BCUT2D eigenvalue weighted by Gasteiger charge is 2.35. The molecule has 1 aliphatic rings. The van der Waals surface area contributed by atoms with Crippen LogP contribution in [0.3, 0.4) is 0 Å². The second kappa shape index (κ2) is 5.31. The van der Waals surface area contributed by atoms with Gasteiger partial charge in [-0.1, -0.05) is 24.6 Å². The van der Waals surface area contributed by atoms with Gasteiger partial charge < -0.3 is 9.84 Å². The maximum absolute atomic E-state index is 13.8. The standard InChI is InChI=1S/C12H15ClFNO2/c1-2-15-6-8(7-16)17-12(15)11-9(13)4-3-5-10(11)14/h3-5,8,12,16H,2,6-7H2,1H3. The van der Waals surface area contributed by atoms with Crippen molar-refractivity contribution in [2.45, 2.75) is 19.3 Å². The SMILES string of the molecule is CCN1CC(CO)OC1c1c(F)cccc1Cl. The van der Waals surface area contributed by atoms with Crippen LogP contribution in [-0.4, -0.2) is 35.8 Å². The van der Waals surface area contributed by atoms with E-state index >= 15 is 0 Å². The fraction of sp³-hybridized carbons (Fsp3) is 0.500. The number of likely N-dealkylation sites (N-methyl/N-ethyl adjacent to an activating group) is 1. The van der Waals surface area contributed by atoms with E-state index in [-0.39, 0.29) is 18.5 Å². The number of hydrogen-bond acceptors (Lipinski definition) is 3. The molecule has 0 amide bonds. The molecule has 2 rings (SSSR count). The number of nitrogens with zero attached hydrogens (tertiary/aromatic N) is 1. The topological polar surface area (TPSA) is 32.7 Å². The Morgan fingerprint density at radius 1 is 1.59 bits per heavy atom. The summed E-state index contributed by atoms with van der Waals surface area (Å²) in [7, 11) is 0. The van der Waals surface area contributed by atoms with Gasteiger partial charge in [0.2, 0.25) is 0 Å². The lowest BCUT2D eigenvalue weighted by atomic mass is 10.1. The van der Waals surface area contributed by atoms with Crippen molar-refractivity contribution in [3.8, 4) is 0 Å². The maximum Gasteiger partial charge on any atom is 0.141 e. The van der Waals surface area contributed by atoms with Crippen LogP contribution in [0.25, 0.3) is 0 Å². The lowest BCUT2D eigenvalue weighted by Crippen LogP contribution is -2.25. The number of aliphatic hydroxyl groups excluding tert-OH is 1. The van der Waals surface area contributed by atoms with E-state index in [1.807, 2.05) is 11.8 Å². The van der Waals surface area contributed by atoms with E-state index in [9.17, 15) is 4.39 Å². The summed E-state index contributed by atoms with van der Waals surface area (Å²) in [6.07, 6.45) is -0.790. The van der Waals surface area contributed by atoms with Gasteiger partial charge in [-0.25, -0.2) is 4.39 Å². The van der Waals surface area contributed by atoms with Gasteiger partial charge in [0, 0.05) is 12.1 Å². The Kier molecular flexibility index (Phi) is 3.99. The van der Waals surface area contributed by atoms with Crippen LogP contribution in [0.4, 0.5) is 4.39 Å². The van der Waals surface area contributed by atoms with Crippen molar-refractivity contribution in [1.29, 1.82) is 0 Å². The quantitative estimate of drug-likeness (QED) is 0.903. The first-order valence-corrected chi connectivity index (χ1v) is 5.99. The Balaban J connectivity index is 2.32. The molecule has 0 spiro atoms. The Hall–Kier alpha value is -0.680. The van der Waals surface area contributed by atoms with Crippen LogP contribution in [0.5, 0.6) is 0 Å². The summed E-state index contributed by atoms with van der Waals surface area (Å²) in [6.45, 7) is 3.19. The van der Waals surface area contributed by atoms with Gasteiger partial charge in [0.05, 0.1) is 17.7 Å². The first-order valence-electron chi connectivity index (χ1n) is 5.61. The fourth-order valence-electron chi connectivity index (χ4n) is 2.06. The van der Waals surface area contributed by atoms with Gasteiger partial charge in [-0.3, -0.25) is 4.90 Å². The summed E-state index contributed by atoms with van der Waals surface area (Å²) in [5, 5.41) is 9.46. The van der Waals surface area contributed by atoms with E-state index < -0.39 is 6.23 Å². The minimum atomic E-state index is -0.508. The molecule has 0 radical (unpaired) electrons. The van der Waals surface area contributed by atoms with E-state index in [0.717, 1.165) is 0 Å². The van der Waals surface area contributed by atoms with Gasteiger partial charge in [0.25, 0.3) is 0 Å². The Morgan fingerprint density at radius 3 is 2.94 bits per heavy atom. The van der Waals surface area contributed by atoms with Crippen molar-refractivity contribution in [2.75, 3.05) is 19.7 Å². The number of aliphatic hydroxyl groups is 1. The van der Waals surface area contributed by atoms with Crippen LogP contribution in [-0.2, 0) is 4.74 Å². The summed E-state index contributed by atoms with van der Waals surface area (Å²) in [5.74, 6) is -0.375. The second-order valence-electron chi connectivity index (χ2n) is 4.02. The number of halogens is 2. The van der Waals surface area contributed by atoms with Crippen LogP contribution < -0.4 is 0 Å². The zero-order valence-corrected chi connectivity index (χ0v) is 10.3. The molecule has 2 atom stereocenters. The van der Waals surface area contributed by atoms with E-state index in [1.54, 1.807) is 12.1 Å². The van der Waals surface area contributed by atoms with Crippen LogP contribution in [0.15, 0.2) is 18.2 Å². The van der Waals surface area contributed by atoms with Crippen molar-refractivity contribution in [3.05, 3.63) is 34.6 Å². The molecule has 1 aromatic rings. The van der Waals surface area contributed by atoms with Crippen LogP contribution >= 0.6 is 11.6 Å². The van der Waals surface area contributed by atoms with Gasteiger partial charge in [-0.2, -0.15) is 0 Å². The molecule has 94 valence electrons. The molecule has 1 aliphatic heterocycles. The summed E-state index contributed by atoms with van der Waals surface area (Å²) in [4.78, 5) is 1.95. The molecule has 0 saturated carbocycles. The van der Waals surface area contributed by atoms with Gasteiger partial charge in [0.1, 0.15) is 12.0 Å². The molecule has 0 bridgehead atoms. The molecule has 0 aliphatic carbocycles. The molecular weight excluding hydrogens is 245 g/mol. The third kappa shape index (κ3) is 2.45. The molecule has 1 heterocycles. The highest BCUT2D eigenvalue weighted by atomic mass is 35.5. The molecule has 1 fully saturated rings. The van der Waals surface area contributed by atoms with Crippen molar-refractivity contribution in [2.24, 2.45) is 0 Å². The van der Waals surface area contributed by atoms with Gasteiger partial charge in [-0.05, 0) is 18.7 Å². The molecule has 0 aromatic heterocycles. The number of rotatable bonds is 3. The number of benzene rings is 1. The third-order valence-corrected chi connectivity index (χ3v) is 3.28. The summed E-state index contributed by atoms with van der Waals surface area (Å²) < 4.78 is 19.4. The number of ether oxygens (including phenoxy) is 1. The normalized spacial score (nSPS) is 25.4. The minimum absolute atomic E-state index is 0.0704. The van der Waals surface area contributed by atoms with E-state index in [4.69, 9.17) is 21.4 Å². The van der Waals surface area contributed by atoms with Crippen molar-refractivity contribution in [1.82, 2.24) is 4.90 Å². The van der Waals surface area contributed by atoms with Gasteiger partial charge in [-0.15, -0.1) is 0 Å². The highest BCUT2D eigenvalue weighted by Crippen LogP contribution is 2.35. The van der Waals surface area contributed by atoms with Crippen molar-refractivity contribution < 1.29 is 14.2 Å². The monoisotopic (exact) mass is 259 g/mol. The largest absolute Gasteiger partial charge is 0.394 e. The first-order chi connectivity index (χ1) is 8.17. The average Bonchev–Trinajstić information content (AvgIpc) is 2.72. The van der Waals surface area contributed by atoms with Crippen LogP contribution in [0.2, 0.25) is 5.02 Å². The summed E-state index contributed by atoms with van der Waals surface area (Å²) in [5.41, 5.74) is 0.354. The zero-order valence-electron chi connectivity index (χ0n) is 9.57. The zero-order chi connectivity index (χ0) is 12.4. The van der Waals surface area contributed by atoms with E-state index in [2.05, 4.69) is 0 Å². The van der Waals surface area contributed by atoms with Gasteiger partial charge in [0.15, 0.2) is 0 Å². The molecule has 1 saturated heterocycles. The van der Waals surface area contributed by atoms with Crippen molar-refractivity contribution >= 4 is 11.6 Å². The van der Waals surface area contributed by atoms with E-state index in [1.165, 1.54) is 6.07 Å². The summed E-state index contributed by atoms with van der Waals surface area (Å²) >= 11 is 6.01. The second-order valence-corrected chi connectivity index (χ2v) is 4.42. The molecule has 2 unspecified atom stereocenters. The lowest BCUT2D eigenvalue weighted by molar-refractivity contribution is -0.0202. The molecule has 3 nitrogen and oxygen atoms in total. The molecular formula is C12H15ClFNO2. The predicted molar refractivity (Wildman–Crippen MR) is 63.4 cm³/mol. The highest BCUT2D eigenvalue weighted by molar-refractivity contribution is 6.31. The molecule has 17 heavy (non-hydrogen) atoms. The van der Waals surface area contributed by atoms with Gasteiger partial charge >= 0.3 is 0 Å². The number of hydrogen-bond donors (Lipinski definition) is 1. The smallest absolute Gasteiger partial charge is 0.141 e. The fourth-order valence-corrected chi connectivity index (χ4v) is 2.32. The molecule has 1 N–H and O–H groups in total. The molecule has 5 heteroatoms. The van der Waals surface area contributed by atoms with Crippen LogP contribution in [0.1, 0.15) is 18.7 Å². The minimum Gasteiger partial charge on any atom is -0.394 e. The maximum atomic E-state index is 13.8. The third-order valence-electron chi connectivity index (χ3n) is 2.95. The molecule has 1 aromatic carbocycles. The van der Waals surface area contributed by atoms with Crippen molar-refractivity contribution in [3.63, 3.8) is 0 Å². The average molecular weight is 260 g/mol. The Labute approximate surface area is 105 Å². The first kappa shape index (κ1) is 12.8. The van der Waals surface area contributed by atoms with E-state index in [0.29, 0.717) is 23.7 Å². The Bertz CT molecular complexity index is 382. The Morgan fingerprint density at radius 2 is 2.35 bits per heavy atom.